The van der Waals surface area contributed by atoms with Crippen LogP contribution in [0.1, 0.15) is 27.7 Å². The average molecular weight is 389 g/mol. The smallest absolute Gasteiger partial charge is 0.278 e. The molecular formula is C17H27ClN3O3S+. The van der Waals surface area contributed by atoms with Gasteiger partial charge in [-0.15, -0.1) is 0 Å². The Morgan fingerprint density at radius 3 is 2.40 bits per heavy atom. The van der Waals surface area contributed by atoms with Gasteiger partial charge < -0.3 is 10.2 Å². The van der Waals surface area contributed by atoms with E-state index in [1.807, 2.05) is 27.7 Å². The fraction of sp³-hybridized carbons (Fsp3) is 0.588. The number of carbonyl (C=O) groups is 1. The Morgan fingerprint density at radius 1 is 1.28 bits per heavy atom. The van der Waals surface area contributed by atoms with Gasteiger partial charge in [0.05, 0.1) is 31.1 Å². The lowest BCUT2D eigenvalue weighted by molar-refractivity contribution is -0.917. The van der Waals surface area contributed by atoms with E-state index in [1.165, 1.54) is 10.4 Å². The van der Waals surface area contributed by atoms with Crippen molar-refractivity contribution in [3.05, 3.63) is 29.3 Å². The molecule has 1 aliphatic rings. The van der Waals surface area contributed by atoms with E-state index in [2.05, 4.69) is 5.32 Å². The summed E-state index contributed by atoms with van der Waals surface area (Å²) in [6, 6.07) is 6.10. The highest BCUT2D eigenvalue weighted by molar-refractivity contribution is 7.89. The van der Waals surface area contributed by atoms with Crippen LogP contribution in [0.15, 0.2) is 29.2 Å². The van der Waals surface area contributed by atoms with Crippen molar-refractivity contribution in [3.8, 4) is 0 Å². The lowest BCUT2D eigenvalue weighted by Gasteiger charge is -2.35. The molecule has 0 radical (unpaired) electrons. The third kappa shape index (κ3) is 5.17. The third-order valence-corrected chi connectivity index (χ3v) is 6.43. The predicted molar refractivity (Wildman–Crippen MR) is 98.3 cm³/mol. The molecule has 0 saturated carbocycles. The highest BCUT2D eigenvalue weighted by atomic mass is 35.5. The second-order valence-electron chi connectivity index (χ2n) is 7.48. The second kappa shape index (κ2) is 7.61. The van der Waals surface area contributed by atoms with Crippen LogP contribution in [-0.2, 0) is 14.8 Å². The third-order valence-electron chi connectivity index (χ3n) is 4.30. The molecule has 2 N–H and O–H groups in total. The number of nitrogens with one attached hydrogen (secondary N) is 2. The highest BCUT2D eigenvalue weighted by Crippen LogP contribution is 2.19. The number of rotatable bonds is 4. The van der Waals surface area contributed by atoms with Gasteiger partial charge in [-0.3, -0.25) is 4.79 Å². The van der Waals surface area contributed by atoms with E-state index >= 15 is 0 Å². The minimum Gasteiger partial charge on any atom is -0.346 e. The molecule has 1 heterocycles. The molecular weight excluding hydrogens is 362 g/mol. The van der Waals surface area contributed by atoms with Crippen molar-refractivity contribution in [2.45, 2.75) is 44.2 Å². The van der Waals surface area contributed by atoms with E-state index in [0.717, 1.165) is 4.90 Å². The summed E-state index contributed by atoms with van der Waals surface area (Å²) in [7, 11) is -3.55. The number of amides is 1. The molecule has 0 unspecified atom stereocenters. The summed E-state index contributed by atoms with van der Waals surface area (Å²) < 4.78 is 26.9. The van der Waals surface area contributed by atoms with E-state index < -0.39 is 10.0 Å². The van der Waals surface area contributed by atoms with Gasteiger partial charge in [0.1, 0.15) is 0 Å². The first kappa shape index (κ1) is 20.2. The van der Waals surface area contributed by atoms with Crippen LogP contribution in [0.3, 0.4) is 0 Å². The van der Waals surface area contributed by atoms with Crippen molar-refractivity contribution >= 4 is 27.5 Å². The SMILES string of the molecule is C[C@H](C(=O)NC(C)(C)C)[NH+]1CCN(S(=O)(=O)c2cccc(Cl)c2)CC1. The second-order valence-corrected chi connectivity index (χ2v) is 9.86. The zero-order chi connectivity index (χ0) is 18.8. The van der Waals surface area contributed by atoms with Gasteiger partial charge in [0.25, 0.3) is 5.91 Å². The largest absolute Gasteiger partial charge is 0.346 e. The molecule has 8 heteroatoms. The summed E-state index contributed by atoms with van der Waals surface area (Å²) in [5, 5.41) is 3.38. The van der Waals surface area contributed by atoms with Crippen LogP contribution in [0.25, 0.3) is 0 Å². The lowest BCUT2D eigenvalue weighted by atomic mass is 10.1. The van der Waals surface area contributed by atoms with Gasteiger partial charge in [-0.05, 0) is 45.9 Å². The van der Waals surface area contributed by atoms with Crippen molar-refractivity contribution in [2.24, 2.45) is 0 Å². The average Bonchev–Trinajstić information content (AvgIpc) is 2.52. The van der Waals surface area contributed by atoms with E-state index in [1.54, 1.807) is 18.2 Å². The Kier molecular flexibility index (Phi) is 6.14. The number of halogens is 1. The van der Waals surface area contributed by atoms with Crippen molar-refractivity contribution in [1.29, 1.82) is 0 Å². The van der Waals surface area contributed by atoms with Crippen LogP contribution < -0.4 is 10.2 Å². The van der Waals surface area contributed by atoms with Gasteiger partial charge in [-0.2, -0.15) is 4.31 Å². The van der Waals surface area contributed by atoms with Gasteiger partial charge in [0, 0.05) is 10.6 Å². The molecule has 1 aromatic rings. The molecule has 1 atom stereocenters. The quantitative estimate of drug-likeness (QED) is 0.790. The monoisotopic (exact) mass is 388 g/mol. The van der Waals surface area contributed by atoms with Crippen molar-refractivity contribution < 1.29 is 18.1 Å². The summed E-state index contributed by atoms with van der Waals surface area (Å²) in [5.41, 5.74) is -0.275. The molecule has 0 aromatic heterocycles. The van der Waals surface area contributed by atoms with Gasteiger partial charge in [-0.1, -0.05) is 17.7 Å². The molecule has 0 bridgehead atoms. The van der Waals surface area contributed by atoms with E-state index in [9.17, 15) is 13.2 Å². The standard InChI is InChI=1S/C17H26ClN3O3S/c1-13(16(22)19-17(2,3)4)20-8-10-21(11-9-20)25(23,24)15-7-5-6-14(18)12-15/h5-7,12-13H,8-11H2,1-4H3,(H,19,22)/p+1/t13-/m1/s1. The number of piperazine rings is 1. The molecule has 1 aromatic carbocycles. The number of nitrogens with zero attached hydrogens (tertiary/aromatic N) is 1. The van der Waals surface area contributed by atoms with Gasteiger partial charge in [0.15, 0.2) is 6.04 Å². The molecule has 1 saturated heterocycles. The Balaban J connectivity index is 2.00. The maximum absolute atomic E-state index is 12.7. The summed E-state index contributed by atoms with van der Waals surface area (Å²) >= 11 is 5.91. The minimum absolute atomic E-state index is 0.00588. The van der Waals surface area contributed by atoms with Crippen molar-refractivity contribution in [3.63, 3.8) is 0 Å². The van der Waals surface area contributed by atoms with Crippen LogP contribution in [0, 0.1) is 0 Å². The number of carbonyl (C=O) groups excluding carboxylic acids is 1. The van der Waals surface area contributed by atoms with Crippen LogP contribution in [0.4, 0.5) is 0 Å². The fourth-order valence-corrected chi connectivity index (χ4v) is 4.63. The molecule has 1 fully saturated rings. The summed E-state index contributed by atoms with van der Waals surface area (Å²) in [4.78, 5) is 13.6. The van der Waals surface area contributed by atoms with Crippen LogP contribution in [-0.4, -0.2) is 56.4 Å². The highest BCUT2D eigenvalue weighted by Gasteiger charge is 2.35. The van der Waals surface area contributed by atoms with Crippen LogP contribution >= 0.6 is 11.6 Å². The zero-order valence-electron chi connectivity index (χ0n) is 15.2. The first-order valence-corrected chi connectivity index (χ1v) is 10.2. The molecule has 140 valence electrons. The van der Waals surface area contributed by atoms with E-state index in [0.29, 0.717) is 31.2 Å². The number of hydrogen-bond donors (Lipinski definition) is 2. The summed E-state index contributed by atoms with van der Waals surface area (Å²) in [5.74, 6) is -0.00588. The normalized spacial score (nSPS) is 18.8. The number of quaternary nitrogens is 1. The van der Waals surface area contributed by atoms with Gasteiger partial charge in [-0.25, -0.2) is 8.42 Å². The molecule has 1 amide bonds. The number of hydrogen-bond acceptors (Lipinski definition) is 3. The van der Waals surface area contributed by atoms with Gasteiger partial charge >= 0.3 is 0 Å². The fourth-order valence-electron chi connectivity index (χ4n) is 2.89. The zero-order valence-corrected chi connectivity index (χ0v) is 16.7. The first-order valence-electron chi connectivity index (χ1n) is 8.43. The molecule has 6 nitrogen and oxygen atoms in total. The maximum atomic E-state index is 12.7. The van der Waals surface area contributed by atoms with Crippen molar-refractivity contribution in [1.82, 2.24) is 9.62 Å². The Labute approximate surface area is 155 Å². The molecule has 25 heavy (non-hydrogen) atoms. The molecule has 0 spiro atoms. The first-order chi connectivity index (χ1) is 11.5. The Bertz CT molecular complexity index is 723. The summed E-state index contributed by atoms with van der Waals surface area (Å²) in [6.45, 7) is 9.69. The summed E-state index contributed by atoms with van der Waals surface area (Å²) in [6.07, 6.45) is 0. The maximum Gasteiger partial charge on any atom is 0.278 e. The number of sulfonamides is 1. The van der Waals surface area contributed by atoms with Crippen LogP contribution in [0.2, 0.25) is 5.02 Å². The Morgan fingerprint density at radius 2 is 1.88 bits per heavy atom. The van der Waals surface area contributed by atoms with Crippen LogP contribution in [0.5, 0.6) is 0 Å². The van der Waals surface area contributed by atoms with Gasteiger partial charge in [0.2, 0.25) is 10.0 Å². The number of benzene rings is 1. The van der Waals surface area contributed by atoms with E-state index in [4.69, 9.17) is 11.6 Å². The van der Waals surface area contributed by atoms with E-state index in [-0.39, 0.29) is 22.4 Å². The molecule has 0 aliphatic carbocycles. The topological polar surface area (TPSA) is 70.9 Å². The molecule has 1 aliphatic heterocycles. The molecule has 2 rings (SSSR count). The Hall–Kier alpha value is -1.15. The lowest BCUT2D eigenvalue weighted by Crippen LogP contribution is -3.19. The minimum atomic E-state index is -3.55. The van der Waals surface area contributed by atoms with Crippen molar-refractivity contribution in [2.75, 3.05) is 26.2 Å². The predicted octanol–water partition coefficient (Wildman–Crippen LogP) is 0.532.